The molecule has 0 amide bonds. The van der Waals surface area contributed by atoms with E-state index >= 15 is 0 Å². The van der Waals surface area contributed by atoms with Gasteiger partial charge in [-0.3, -0.25) is 4.79 Å². The van der Waals surface area contributed by atoms with Crippen LogP contribution < -0.4 is 0 Å². The van der Waals surface area contributed by atoms with Crippen LogP contribution in [-0.4, -0.2) is 10.9 Å². The third-order valence-corrected chi connectivity index (χ3v) is 3.59. The number of phenols is 1. The van der Waals surface area contributed by atoms with Crippen LogP contribution in [0.25, 0.3) is 11.0 Å². The summed E-state index contributed by atoms with van der Waals surface area (Å²) in [6, 6.07) is 12.2. The number of hydrogen-bond acceptors (Lipinski definition) is 3. The first-order valence-electron chi connectivity index (χ1n) is 6.96. The van der Waals surface area contributed by atoms with Crippen LogP contribution in [0.3, 0.4) is 0 Å². The van der Waals surface area contributed by atoms with Crippen molar-refractivity contribution in [3.63, 3.8) is 0 Å². The zero-order valence-electron chi connectivity index (χ0n) is 12.0. The van der Waals surface area contributed by atoms with Gasteiger partial charge in [-0.05, 0) is 43.3 Å². The van der Waals surface area contributed by atoms with E-state index in [0.29, 0.717) is 23.3 Å². The Morgan fingerprint density at radius 1 is 1.14 bits per heavy atom. The highest BCUT2D eigenvalue weighted by molar-refractivity contribution is 6.17. The predicted octanol–water partition coefficient (Wildman–Crippen LogP) is 4.24. The largest absolute Gasteiger partial charge is 0.508 e. The van der Waals surface area contributed by atoms with Crippen LogP contribution in [0, 0.1) is 6.92 Å². The smallest absolute Gasteiger partial charge is 0.197 e. The number of furan rings is 1. The molecule has 3 nitrogen and oxygen atoms in total. The molecular formula is C18H16O3. The van der Waals surface area contributed by atoms with E-state index in [9.17, 15) is 9.90 Å². The zero-order chi connectivity index (χ0) is 15.0. The molecule has 0 unspecified atom stereocenters. The highest BCUT2D eigenvalue weighted by atomic mass is 16.3. The fourth-order valence-electron chi connectivity index (χ4n) is 2.52. The van der Waals surface area contributed by atoms with E-state index in [0.717, 1.165) is 16.5 Å². The minimum absolute atomic E-state index is 0.0730. The van der Waals surface area contributed by atoms with Crippen molar-refractivity contribution in [3.05, 3.63) is 64.9 Å². The van der Waals surface area contributed by atoms with Gasteiger partial charge >= 0.3 is 0 Å². The number of aryl methyl sites for hydroxylation is 2. The van der Waals surface area contributed by atoms with Gasteiger partial charge in [0.2, 0.25) is 0 Å². The SMILES string of the molecule is CCc1oc2ccc(C)cc2c1C(=O)c1ccc(O)cc1. The van der Waals surface area contributed by atoms with Gasteiger partial charge in [0, 0.05) is 17.4 Å². The van der Waals surface area contributed by atoms with Gasteiger partial charge in [0.1, 0.15) is 17.1 Å². The number of phenolic OH excluding ortho intramolecular Hbond substituents is 1. The summed E-state index contributed by atoms with van der Waals surface area (Å²) >= 11 is 0. The summed E-state index contributed by atoms with van der Waals surface area (Å²) in [7, 11) is 0. The fraction of sp³-hybridized carbons (Fsp3) is 0.167. The Labute approximate surface area is 122 Å². The molecule has 0 radical (unpaired) electrons. The second-order valence-corrected chi connectivity index (χ2v) is 5.13. The second kappa shape index (κ2) is 5.09. The number of benzene rings is 2. The van der Waals surface area contributed by atoms with Crippen molar-refractivity contribution >= 4 is 16.8 Å². The Bertz CT molecular complexity index is 810. The maximum absolute atomic E-state index is 12.8. The number of rotatable bonds is 3. The summed E-state index contributed by atoms with van der Waals surface area (Å²) in [6.45, 7) is 3.96. The maximum atomic E-state index is 12.8. The molecule has 21 heavy (non-hydrogen) atoms. The molecule has 106 valence electrons. The normalized spacial score (nSPS) is 11.0. The van der Waals surface area contributed by atoms with E-state index in [4.69, 9.17) is 4.42 Å². The summed E-state index contributed by atoms with van der Waals surface area (Å²) < 4.78 is 5.80. The molecular weight excluding hydrogens is 264 g/mol. The molecule has 0 fully saturated rings. The molecule has 3 rings (SSSR count). The van der Waals surface area contributed by atoms with E-state index in [-0.39, 0.29) is 11.5 Å². The van der Waals surface area contributed by atoms with E-state index < -0.39 is 0 Å². The summed E-state index contributed by atoms with van der Waals surface area (Å²) in [6.07, 6.45) is 0.660. The summed E-state index contributed by atoms with van der Waals surface area (Å²) in [4.78, 5) is 12.8. The number of carbonyl (C=O) groups excluding carboxylic acids is 1. The van der Waals surface area contributed by atoms with Gasteiger partial charge in [-0.15, -0.1) is 0 Å². The van der Waals surface area contributed by atoms with Crippen LogP contribution in [0.4, 0.5) is 0 Å². The second-order valence-electron chi connectivity index (χ2n) is 5.13. The lowest BCUT2D eigenvalue weighted by Crippen LogP contribution is -2.03. The van der Waals surface area contributed by atoms with Crippen molar-refractivity contribution < 1.29 is 14.3 Å². The van der Waals surface area contributed by atoms with Crippen LogP contribution in [0.5, 0.6) is 5.75 Å². The maximum Gasteiger partial charge on any atom is 0.197 e. The molecule has 3 aromatic rings. The summed E-state index contributed by atoms with van der Waals surface area (Å²) in [5, 5.41) is 10.2. The van der Waals surface area contributed by atoms with Crippen molar-refractivity contribution in [3.8, 4) is 5.75 Å². The van der Waals surface area contributed by atoms with Gasteiger partial charge in [-0.1, -0.05) is 18.6 Å². The van der Waals surface area contributed by atoms with E-state index in [1.54, 1.807) is 12.1 Å². The standard InChI is InChI=1S/C18H16O3/c1-3-15-17(14-10-11(2)4-9-16(14)21-15)18(20)12-5-7-13(19)8-6-12/h4-10,19H,3H2,1-2H3. The highest BCUT2D eigenvalue weighted by Crippen LogP contribution is 2.29. The molecule has 1 heterocycles. The Balaban J connectivity index is 2.20. The van der Waals surface area contributed by atoms with Gasteiger partial charge < -0.3 is 9.52 Å². The first-order chi connectivity index (χ1) is 10.1. The van der Waals surface area contributed by atoms with Crippen molar-refractivity contribution in [1.29, 1.82) is 0 Å². The molecule has 0 bridgehead atoms. The summed E-state index contributed by atoms with van der Waals surface area (Å²) in [5.74, 6) is 0.778. The lowest BCUT2D eigenvalue weighted by Gasteiger charge is -2.02. The highest BCUT2D eigenvalue weighted by Gasteiger charge is 2.21. The Kier molecular flexibility index (Phi) is 3.26. The van der Waals surface area contributed by atoms with Gasteiger partial charge in [-0.25, -0.2) is 0 Å². The third kappa shape index (κ3) is 2.31. The number of hydrogen-bond donors (Lipinski definition) is 1. The first-order valence-corrected chi connectivity index (χ1v) is 6.96. The number of carbonyl (C=O) groups is 1. The van der Waals surface area contributed by atoms with Gasteiger partial charge in [-0.2, -0.15) is 0 Å². The van der Waals surface area contributed by atoms with Crippen LogP contribution in [0.1, 0.15) is 34.2 Å². The average Bonchev–Trinajstić information content (AvgIpc) is 2.85. The van der Waals surface area contributed by atoms with Crippen LogP contribution in [0.2, 0.25) is 0 Å². The molecule has 0 spiro atoms. The molecule has 0 aliphatic carbocycles. The van der Waals surface area contributed by atoms with Crippen molar-refractivity contribution in [2.75, 3.05) is 0 Å². The molecule has 0 aliphatic rings. The van der Waals surface area contributed by atoms with E-state index in [1.165, 1.54) is 12.1 Å². The summed E-state index contributed by atoms with van der Waals surface area (Å²) in [5.41, 5.74) is 3.00. The van der Waals surface area contributed by atoms with Gasteiger partial charge in [0.15, 0.2) is 5.78 Å². The monoisotopic (exact) mass is 280 g/mol. The van der Waals surface area contributed by atoms with Crippen molar-refractivity contribution in [2.24, 2.45) is 0 Å². The predicted molar refractivity (Wildman–Crippen MR) is 81.9 cm³/mol. The number of aromatic hydroxyl groups is 1. The molecule has 0 atom stereocenters. The van der Waals surface area contributed by atoms with E-state index in [1.807, 2.05) is 32.0 Å². The average molecular weight is 280 g/mol. The minimum atomic E-state index is -0.0730. The Morgan fingerprint density at radius 3 is 2.52 bits per heavy atom. The fourth-order valence-corrected chi connectivity index (χ4v) is 2.52. The third-order valence-electron chi connectivity index (χ3n) is 3.59. The molecule has 1 N–H and O–H groups in total. The van der Waals surface area contributed by atoms with Crippen LogP contribution >= 0.6 is 0 Å². The quantitative estimate of drug-likeness (QED) is 0.730. The lowest BCUT2D eigenvalue weighted by atomic mass is 9.98. The van der Waals surface area contributed by atoms with Crippen LogP contribution in [-0.2, 0) is 6.42 Å². The lowest BCUT2D eigenvalue weighted by molar-refractivity contribution is 0.103. The minimum Gasteiger partial charge on any atom is -0.508 e. The van der Waals surface area contributed by atoms with Gasteiger partial charge in [0.25, 0.3) is 0 Å². The van der Waals surface area contributed by atoms with Crippen molar-refractivity contribution in [1.82, 2.24) is 0 Å². The molecule has 3 heteroatoms. The number of ketones is 1. The first kappa shape index (κ1) is 13.4. The van der Waals surface area contributed by atoms with Gasteiger partial charge in [0.05, 0.1) is 5.56 Å². The number of fused-ring (bicyclic) bond motifs is 1. The Morgan fingerprint density at radius 2 is 1.86 bits per heavy atom. The van der Waals surface area contributed by atoms with Crippen molar-refractivity contribution in [2.45, 2.75) is 20.3 Å². The topological polar surface area (TPSA) is 50.4 Å². The van der Waals surface area contributed by atoms with Crippen LogP contribution in [0.15, 0.2) is 46.9 Å². The molecule has 1 aromatic heterocycles. The molecule has 0 saturated heterocycles. The van der Waals surface area contributed by atoms with E-state index in [2.05, 4.69) is 0 Å². The molecule has 2 aromatic carbocycles. The molecule has 0 aliphatic heterocycles. The Hall–Kier alpha value is -2.55. The molecule has 0 saturated carbocycles. The zero-order valence-corrected chi connectivity index (χ0v) is 12.0.